The number of carbonyl (C=O) groups excluding carboxylic acids is 1. The van der Waals surface area contributed by atoms with E-state index in [1.165, 1.54) is 18.0 Å². The van der Waals surface area contributed by atoms with E-state index in [0.29, 0.717) is 49.5 Å². The summed E-state index contributed by atoms with van der Waals surface area (Å²) in [7, 11) is 0. The zero-order valence-corrected chi connectivity index (χ0v) is 23.1. The van der Waals surface area contributed by atoms with E-state index in [4.69, 9.17) is 18.6 Å². The van der Waals surface area contributed by atoms with E-state index in [0.717, 1.165) is 38.0 Å². The van der Waals surface area contributed by atoms with Gasteiger partial charge in [0, 0.05) is 19.2 Å². The minimum absolute atomic E-state index is 0.0974. The fraction of sp³-hybridized carbons (Fsp3) is 0.333. The van der Waals surface area contributed by atoms with Gasteiger partial charge in [-0.15, -0.1) is 0 Å². The molecule has 3 heterocycles. The quantitative estimate of drug-likeness (QED) is 0.259. The zero-order chi connectivity index (χ0) is 27.9. The number of benzene rings is 3. The fourth-order valence-corrected chi connectivity index (χ4v) is 5.45. The second-order valence-corrected chi connectivity index (χ2v) is 10.7. The van der Waals surface area contributed by atoms with E-state index < -0.39 is 0 Å². The largest absolute Gasteiger partial charge is 0.489 e. The Morgan fingerprint density at radius 1 is 0.927 bits per heavy atom. The fourth-order valence-electron chi connectivity index (χ4n) is 5.45. The number of aromatic nitrogens is 1. The smallest absolute Gasteiger partial charge is 0.309 e. The average Bonchev–Trinajstić information content (AvgIpc) is 3.56. The maximum absolute atomic E-state index is 13.4. The summed E-state index contributed by atoms with van der Waals surface area (Å²) in [6.45, 7) is 4.77. The van der Waals surface area contributed by atoms with Crippen molar-refractivity contribution in [3.05, 3.63) is 108 Å². The van der Waals surface area contributed by atoms with Gasteiger partial charge in [0.25, 0.3) is 5.89 Å². The molecule has 6 rings (SSSR count). The van der Waals surface area contributed by atoms with E-state index in [1.807, 2.05) is 59.5 Å². The Kier molecular flexibility index (Phi) is 8.47. The molecule has 41 heavy (non-hydrogen) atoms. The Balaban J connectivity index is 1.08. The number of rotatable bonds is 10. The normalized spacial score (nSPS) is 17.2. The SMILES string of the molecule is O=C(c1ncco1)N(CC1CCN(Cc2ccccc2)CC1)C[C@@H]1COc2ccc(OCc3ccccc3)cc2O1. The third-order valence-corrected chi connectivity index (χ3v) is 7.64. The number of hydrogen-bond acceptors (Lipinski definition) is 7. The van der Waals surface area contributed by atoms with Crippen molar-refractivity contribution in [2.45, 2.75) is 32.1 Å². The van der Waals surface area contributed by atoms with Crippen LogP contribution in [0.2, 0.25) is 0 Å². The highest BCUT2D eigenvalue weighted by Crippen LogP contribution is 2.35. The molecule has 1 saturated heterocycles. The summed E-state index contributed by atoms with van der Waals surface area (Å²) in [4.78, 5) is 21.8. The third kappa shape index (κ3) is 7.08. The lowest BCUT2D eigenvalue weighted by molar-refractivity contribution is 0.0362. The number of oxazole rings is 1. The molecule has 0 saturated carbocycles. The first-order valence-corrected chi connectivity index (χ1v) is 14.2. The molecule has 8 heteroatoms. The first-order valence-electron chi connectivity index (χ1n) is 14.2. The summed E-state index contributed by atoms with van der Waals surface area (Å²) < 4.78 is 23.7. The van der Waals surface area contributed by atoms with Crippen molar-refractivity contribution in [3.8, 4) is 17.2 Å². The van der Waals surface area contributed by atoms with Gasteiger partial charge in [0.1, 0.15) is 25.2 Å². The molecule has 1 fully saturated rings. The highest BCUT2D eigenvalue weighted by atomic mass is 16.6. The summed E-state index contributed by atoms with van der Waals surface area (Å²) >= 11 is 0. The van der Waals surface area contributed by atoms with Gasteiger partial charge in [-0.25, -0.2) is 4.98 Å². The second-order valence-electron chi connectivity index (χ2n) is 10.7. The lowest BCUT2D eigenvalue weighted by Crippen LogP contribution is -2.47. The van der Waals surface area contributed by atoms with Crippen LogP contribution in [0.4, 0.5) is 0 Å². The number of carbonyl (C=O) groups is 1. The Morgan fingerprint density at radius 2 is 1.68 bits per heavy atom. The summed E-state index contributed by atoms with van der Waals surface area (Å²) in [5.74, 6) is 2.24. The third-order valence-electron chi connectivity index (χ3n) is 7.64. The maximum atomic E-state index is 13.4. The van der Waals surface area contributed by atoms with Gasteiger partial charge in [-0.1, -0.05) is 60.7 Å². The molecular weight excluding hydrogens is 518 g/mol. The van der Waals surface area contributed by atoms with Gasteiger partial charge in [-0.05, 0) is 55.1 Å². The minimum atomic E-state index is -0.330. The van der Waals surface area contributed by atoms with Crippen molar-refractivity contribution in [3.63, 3.8) is 0 Å². The molecule has 4 aromatic rings. The first-order chi connectivity index (χ1) is 20.2. The van der Waals surface area contributed by atoms with E-state index in [2.05, 4.69) is 34.1 Å². The van der Waals surface area contributed by atoms with Gasteiger partial charge in [0.15, 0.2) is 17.6 Å². The first kappa shape index (κ1) is 26.9. The number of nitrogens with zero attached hydrogens (tertiary/aromatic N) is 3. The summed E-state index contributed by atoms with van der Waals surface area (Å²) in [6.07, 6.45) is 4.65. The monoisotopic (exact) mass is 553 g/mol. The zero-order valence-electron chi connectivity index (χ0n) is 23.1. The van der Waals surface area contributed by atoms with E-state index in [1.54, 1.807) is 0 Å². The van der Waals surface area contributed by atoms with Crippen LogP contribution in [0.5, 0.6) is 17.2 Å². The molecule has 3 aromatic carbocycles. The number of piperidine rings is 1. The molecule has 2 aliphatic heterocycles. The van der Waals surface area contributed by atoms with E-state index in [-0.39, 0.29) is 17.9 Å². The predicted octanol–water partition coefficient (Wildman–Crippen LogP) is 5.45. The van der Waals surface area contributed by atoms with Crippen molar-refractivity contribution in [2.75, 3.05) is 32.8 Å². The van der Waals surface area contributed by atoms with Crippen LogP contribution in [-0.4, -0.2) is 59.6 Å². The number of ether oxygens (including phenoxy) is 3. The van der Waals surface area contributed by atoms with Crippen LogP contribution >= 0.6 is 0 Å². The lowest BCUT2D eigenvalue weighted by atomic mass is 9.95. The number of fused-ring (bicyclic) bond motifs is 1. The second kappa shape index (κ2) is 12.9. The standard InChI is InChI=1S/C33H35N3O5/c37-33(32-34-15-18-38-32)36(21-26-13-16-35(17-14-26)20-25-7-3-1-4-8-25)22-29-24-40-30-12-11-28(19-31(30)41-29)39-23-27-9-5-2-6-10-27/h1-12,15,18-19,26,29H,13-14,16-17,20-24H2/t29-/m1/s1. The van der Waals surface area contributed by atoms with Crippen LogP contribution in [0, 0.1) is 5.92 Å². The Bertz CT molecular complexity index is 1390. The highest BCUT2D eigenvalue weighted by molar-refractivity contribution is 5.89. The molecule has 0 aliphatic carbocycles. The average molecular weight is 554 g/mol. The van der Waals surface area contributed by atoms with Crippen LogP contribution in [-0.2, 0) is 13.2 Å². The molecule has 0 N–H and O–H groups in total. The van der Waals surface area contributed by atoms with Gasteiger partial charge in [0.2, 0.25) is 0 Å². The number of likely N-dealkylation sites (tertiary alicyclic amines) is 1. The van der Waals surface area contributed by atoms with Crippen LogP contribution in [0.1, 0.15) is 34.7 Å². The maximum Gasteiger partial charge on any atom is 0.309 e. The molecule has 8 nitrogen and oxygen atoms in total. The van der Waals surface area contributed by atoms with Gasteiger partial charge in [-0.2, -0.15) is 0 Å². The molecule has 0 spiro atoms. The van der Waals surface area contributed by atoms with Crippen molar-refractivity contribution in [1.82, 2.24) is 14.8 Å². The molecule has 1 aromatic heterocycles. The Hall–Kier alpha value is -4.30. The molecule has 0 unspecified atom stereocenters. The topological polar surface area (TPSA) is 77.3 Å². The molecule has 0 radical (unpaired) electrons. The molecule has 2 aliphatic rings. The lowest BCUT2D eigenvalue weighted by Gasteiger charge is -2.36. The van der Waals surface area contributed by atoms with Crippen LogP contribution in [0.15, 0.2) is 95.7 Å². The summed E-state index contributed by atoms with van der Waals surface area (Å²) in [5, 5.41) is 0. The Labute approximate surface area is 240 Å². The van der Waals surface area contributed by atoms with Gasteiger partial charge in [-0.3, -0.25) is 9.69 Å². The van der Waals surface area contributed by atoms with E-state index >= 15 is 0 Å². The number of hydrogen-bond donors (Lipinski definition) is 0. The minimum Gasteiger partial charge on any atom is -0.489 e. The van der Waals surface area contributed by atoms with Crippen LogP contribution in [0.25, 0.3) is 0 Å². The molecule has 1 amide bonds. The predicted molar refractivity (Wildman–Crippen MR) is 154 cm³/mol. The van der Waals surface area contributed by atoms with Gasteiger partial charge in [0.05, 0.1) is 12.7 Å². The molecule has 0 bridgehead atoms. The van der Waals surface area contributed by atoms with Crippen molar-refractivity contribution in [1.29, 1.82) is 0 Å². The van der Waals surface area contributed by atoms with Crippen molar-refractivity contribution in [2.24, 2.45) is 5.92 Å². The summed E-state index contributed by atoms with van der Waals surface area (Å²) in [5.41, 5.74) is 2.42. The van der Waals surface area contributed by atoms with Crippen LogP contribution < -0.4 is 14.2 Å². The molecule has 1 atom stereocenters. The molecule has 212 valence electrons. The highest BCUT2D eigenvalue weighted by Gasteiger charge is 2.31. The van der Waals surface area contributed by atoms with Crippen LogP contribution in [0.3, 0.4) is 0 Å². The van der Waals surface area contributed by atoms with E-state index in [9.17, 15) is 4.79 Å². The number of amides is 1. The van der Waals surface area contributed by atoms with Crippen molar-refractivity contribution < 1.29 is 23.4 Å². The van der Waals surface area contributed by atoms with Crippen molar-refractivity contribution >= 4 is 5.91 Å². The summed E-state index contributed by atoms with van der Waals surface area (Å²) in [6, 6.07) is 26.2. The van der Waals surface area contributed by atoms with Gasteiger partial charge >= 0.3 is 5.91 Å². The Morgan fingerprint density at radius 3 is 2.41 bits per heavy atom. The molecular formula is C33H35N3O5. The van der Waals surface area contributed by atoms with Gasteiger partial charge < -0.3 is 23.5 Å².